The molecule has 0 amide bonds. The summed E-state index contributed by atoms with van der Waals surface area (Å²) in [5, 5.41) is 3.08. The number of hydrogen-bond acceptors (Lipinski definition) is 2. The summed E-state index contributed by atoms with van der Waals surface area (Å²) in [5.41, 5.74) is 0.0736. The maximum absolute atomic E-state index is 11.3. The van der Waals surface area contributed by atoms with E-state index in [1.165, 1.54) is 0 Å². The van der Waals surface area contributed by atoms with E-state index in [0.717, 1.165) is 25.9 Å². The van der Waals surface area contributed by atoms with Crippen LogP contribution in [-0.2, 0) is 13.6 Å². The van der Waals surface area contributed by atoms with Crippen LogP contribution < -0.4 is 11.0 Å². The molecule has 0 saturated carbocycles. The highest BCUT2D eigenvalue weighted by Gasteiger charge is 1.97. The van der Waals surface area contributed by atoms with Crippen LogP contribution in [-0.4, -0.2) is 22.7 Å². The third-order valence-electron chi connectivity index (χ3n) is 2.09. The maximum Gasteiger partial charge on any atom is 0.327 e. The van der Waals surface area contributed by atoms with Gasteiger partial charge in [0.15, 0.2) is 0 Å². The van der Waals surface area contributed by atoms with Crippen LogP contribution in [0.2, 0.25) is 0 Å². The zero-order valence-electron chi connectivity index (χ0n) is 8.29. The summed E-state index contributed by atoms with van der Waals surface area (Å²) < 4.78 is 3.34. The van der Waals surface area contributed by atoms with Gasteiger partial charge in [-0.05, 0) is 26.4 Å². The molecule has 0 radical (unpaired) electrons. The van der Waals surface area contributed by atoms with Gasteiger partial charge in [0.2, 0.25) is 0 Å². The Bertz CT molecular complexity index is 300. The summed E-state index contributed by atoms with van der Waals surface area (Å²) in [6, 6.07) is 0. The van der Waals surface area contributed by atoms with Gasteiger partial charge in [0.1, 0.15) is 0 Å². The Balaban J connectivity index is 2.37. The van der Waals surface area contributed by atoms with Crippen molar-refractivity contribution in [2.45, 2.75) is 19.4 Å². The molecule has 4 nitrogen and oxygen atoms in total. The highest BCUT2D eigenvalue weighted by Crippen LogP contribution is 1.91. The van der Waals surface area contributed by atoms with Crippen LogP contribution in [0.1, 0.15) is 12.8 Å². The fraction of sp³-hybridized carbons (Fsp3) is 0.667. The molecular formula is C9H17N3O. The Morgan fingerprint density at radius 2 is 2.15 bits per heavy atom. The van der Waals surface area contributed by atoms with Crippen molar-refractivity contribution in [3.8, 4) is 0 Å². The van der Waals surface area contributed by atoms with Crippen LogP contribution in [0.5, 0.6) is 0 Å². The molecule has 1 aromatic rings. The predicted molar refractivity (Wildman–Crippen MR) is 52.8 cm³/mol. The molecule has 74 valence electrons. The molecule has 0 fully saturated rings. The fourth-order valence-electron chi connectivity index (χ4n) is 1.26. The van der Waals surface area contributed by atoms with Gasteiger partial charge >= 0.3 is 5.69 Å². The second kappa shape index (κ2) is 4.87. The third kappa shape index (κ3) is 2.73. The van der Waals surface area contributed by atoms with Crippen LogP contribution in [0.15, 0.2) is 17.2 Å². The van der Waals surface area contributed by atoms with E-state index >= 15 is 0 Å². The number of hydrogen-bond donors (Lipinski definition) is 1. The van der Waals surface area contributed by atoms with Gasteiger partial charge < -0.3 is 9.88 Å². The monoisotopic (exact) mass is 183 g/mol. The van der Waals surface area contributed by atoms with E-state index in [9.17, 15) is 4.79 Å². The molecule has 1 rings (SSSR count). The summed E-state index contributed by atoms with van der Waals surface area (Å²) in [6.07, 6.45) is 5.78. The van der Waals surface area contributed by atoms with Crippen molar-refractivity contribution in [2.75, 3.05) is 13.6 Å². The van der Waals surface area contributed by atoms with Crippen molar-refractivity contribution in [2.24, 2.45) is 7.05 Å². The van der Waals surface area contributed by atoms with Gasteiger partial charge in [0.25, 0.3) is 0 Å². The van der Waals surface area contributed by atoms with E-state index in [4.69, 9.17) is 0 Å². The van der Waals surface area contributed by atoms with Gasteiger partial charge in [-0.1, -0.05) is 0 Å². The number of imidazole rings is 1. The van der Waals surface area contributed by atoms with Crippen molar-refractivity contribution in [1.29, 1.82) is 0 Å². The average Bonchev–Trinajstić information content (AvgIpc) is 2.43. The number of nitrogens with one attached hydrogen (secondary N) is 1. The first-order valence-electron chi connectivity index (χ1n) is 4.62. The molecule has 0 saturated heterocycles. The number of nitrogens with zero attached hydrogens (tertiary/aromatic N) is 2. The normalized spacial score (nSPS) is 10.6. The predicted octanol–water partition coefficient (Wildman–Crippen LogP) is 0.186. The molecule has 13 heavy (non-hydrogen) atoms. The summed E-state index contributed by atoms with van der Waals surface area (Å²) >= 11 is 0. The molecule has 0 aliphatic carbocycles. The Morgan fingerprint density at radius 1 is 1.38 bits per heavy atom. The van der Waals surface area contributed by atoms with E-state index in [-0.39, 0.29) is 5.69 Å². The minimum Gasteiger partial charge on any atom is -0.320 e. The van der Waals surface area contributed by atoms with Crippen LogP contribution in [0.25, 0.3) is 0 Å². The third-order valence-corrected chi connectivity index (χ3v) is 2.09. The molecule has 0 aromatic carbocycles. The van der Waals surface area contributed by atoms with Gasteiger partial charge in [-0.15, -0.1) is 0 Å². The summed E-state index contributed by atoms with van der Waals surface area (Å²) in [6.45, 7) is 1.84. The zero-order valence-corrected chi connectivity index (χ0v) is 8.29. The lowest BCUT2D eigenvalue weighted by molar-refractivity contribution is 0.571. The number of aromatic nitrogens is 2. The van der Waals surface area contributed by atoms with Gasteiger partial charge in [-0.3, -0.25) is 4.57 Å². The van der Waals surface area contributed by atoms with Crippen molar-refractivity contribution in [3.05, 3.63) is 22.9 Å². The molecule has 4 heteroatoms. The second-order valence-electron chi connectivity index (χ2n) is 3.20. The molecule has 0 unspecified atom stereocenters. The number of unbranched alkanes of at least 4 members (excludes halogenated alkanes) is 1. The standard InChI is InChI=1S/C9H17N3O/c1-10-5-3-4-6-12-8-7-11(2)9(12)13/h7-8,10H,3-6H2,1-2H3. The smallest absolute Gasteiger partial charge is 0.320 e. The van der Waals surface area contributed by atoms with Gasteiger partial charge in [-0.25, -0.2) is 4.79 Å². The molecule has 0 aliphatic heterocycles. The minimum atomic E-state index is 0.0736. The summed E-state index contributed by atoms with van der Waals surface area (Å²) in [7, 11) is 3.71. The topological polar surface area (TPSA) is 39.0 Å². The molecule has 1 aromatic heterocycles. The Labute approximate surface area is 78.2 Å². The van der Waals surface area contributed by atoms with E-state index in [1.807, 2.05) is 13.2 Å². The van der Waals surface area contributed by atoms with Crippen molar-refractivity contribution in [1.82, 2.24) is 14.5 Å². The Morgan fingerprint density at radius 3 is 2.69 bits per heavy atom. The largest absolute Gasteiger partial charge is 0.327 e. The van der Waals surface area contributed by atoms with Crippen molar-refractivity contribution in [3.63, 3.8) is 0 Å². The van der Waals surface area contributed by atoms with Gasteiger partial charge in [0.05, 0.1) is 0 Å². The van der Waals surface area contributed by atoms with Crippen LogP contribution in [0.3, 0.4) is 0 Å². The molecule has 1 heterocycles. The maximum atomic E-state index is 11.3. The minimum absolute atomic E-state index is 0.0736. The zero-order chi connectivity index (χ0) is 9.68. The van der Waals surface area contributed by atoms with Crippen LogP contribution in [0, 0.1) is 0 Å². The van der Waals surface area contributed by atoms with Crippen LogP contribution >= 0.6 is 0 Å². The lowest BCUT2D eigenvalue weighted by atomic mass is 10.3. The van der Waals surface area contributed by atoms with E-state index < -0.39 is 0 Å². The second-order valence-corrected chi connectivity index (χ2v) is 3.20. The highest BCUT2D eigenvalue weighted by molar-refractivity contribution is 4.79. The lowest BCUT2D eigenvalue weighted by Crippen LogP contribution is -2.22. The number of rotatable bonds is 5. The van der Waals surface area contributed by atoms with E-state index in [1.54, 1.807) is 22.4 Å². The molecular weight excluding hydrogens is 166 g/mol. The lowest BCUT2D eigenvalue weighted by Gasteiger charge is -2.00. The quantitative estimate of drug-likeness (QED) is 0.662. The van der Waals surface area contributed by atoms with Gasteiger partial charge in [0, 0.05) is 26.0 Å². The average molecular weight is 183 g/mol. The molecule has 1 N–H and O–H groups in total. The Hall–Kier alpha value is -1.03. The first-order chi connectivity index (χ1) is 6.25. The van der Waals surface area contributed by atoms with Crippen molar-refractivity contribution < 1.29 is 0 Å². The Kier molecular flexibility index (Phi) is 3.76. The highest BCUT2D eigenvalue weighted by atomic mass is 16.1. The molecule has 0 spiro atoms. The first kappa shape index (κ1) is 10.1. The first-order valence-corrected chi connectivity index (χ1v) is 4.62. The molecule has 0 aliphatic rings. The summed E-state index contributed by atoms with van der Waals surface area (Å²) in [5.74, 6) is 0. The molecule has 0 bridgehead atoms. The SMILES string of the molecule is CNCCCCn1ccn(C)c1=O. The van der Waals surface area contributed by atoms with E-state index in [0.29, 0.717) is 0 Å². The van der Waals surface area contributed by atoms with Gasteiger partial charge in [-0.2, -0.15) is 0 Å². The van der Waals surface area contributed by atoms with E-state index in [2.05, 4.69) is 5.32 Å². The summed E-state index contributed by atoms with van der Waals surface area (Å²) in [4.78, 5) is 11.3. The van der Waals surface area contributed by atoms with Crippen LogP contribution in [0.4, 0.5) is 0 Å². The number of aryl methyl sites for hydroxylation is 2. The fourth-order valence-corrected chi connectivity index (χ4v) is 1.26. The van der Waals surface area contributed by atoms with Crippen molar-refractivity contribution >= 4 is 0 Å². The molecule has 0 atom stereocenters.